The summed E-state index contributed by atoms with van der Waals surface area (Å²) in [6, 6.07) is 18.6. The molecule has 0 spiro atoms. The molecular formula is C20H12O4. The number of fused-ring (bicyclic) bond motifs is 3. The maximum atomic E-state index is 11.6. The Morgan fingerprint density at radius 3 is 1.79 bits per heavy atom. The quantitative estimate of drug-likeness (QED) is 0.532. The van der Waals surface area contributed by atoms with E-state index in [-0.39, 0.29) is 11.1 Å². The number of carboxylic acids is 2. The topological polar surface area (TPSA) is 74.6 Å². The number of carbonyl (C=O) groups is 2. The lowest BCUT2D eigenvalue weighted by Gasteiger charge is -2.09. The molecule has 0 aliphatic heterocycles. The molecule has 24 heavy (non-hydrogen) atoms. The molecule has 0 radical (unpaired) electrons. The molecule has 4 rings (SSSR count). The summed E-state index contributed by atoms with van der Waals surface area (Å²) >= 11 is 0. The largest absolute Gasteiger partial charge is 0.478 e. The molecule has 4 aromatic rings. The van der Waals surface area contributed by atoms with Crippen molar-refractivity contribution in [1.29, 1.82) is 0 Å². The van der Waals surface area contributed by atoms with Crippen molar-refractivity contribution < 1.29 is 19.8 Å². The van der Waals surface area contributed by atoms with Crippen LogP contribution < -0.4 is 0 Å². The van der Waals surface area contributed by atoms with Crippen molar-refractivity contribution in [3.05, 3.63) is 71.8 Å². The van der Waals surface area contributed by atoms with Crippen LogP contribution in [-0.4, -0.2) is 22.2 Å². The van der Waals surface area contributed by atoms with Gasteiger partial charge in [0.15, 0.2) is 0 Å². The standard InChI is InChI=1S/C20H12O4/c21-19(22)16-6-5-13-9-14-7-11-3-1-2-4-12(11)8-15(14)10-17(13)18(16)20(23)24/h1-10H,(H,21,22)(H,23,24). The van der Waals surface area contributed by atoms with Crippen molar-refractivity contribution in [2.45, 2.75) is 0 Å². The van der Waals surface area contributed by atoms with Gasteiger partial charge in [0.1, 0.15) is 0 Å². The van der Waals surface area contributed by atoms with Gasteiger partial charge in [0.2, 0.25) is 0 Å². The molecule has 0 aromatic heterocycles. The van der Waals surface area contributed by atoms with E-state index in [4.69, 9.17) is 0 Å². The maximum Gasteiger partial charge on any atom is 0.337 e. The summed E-state index contributed by atoms with van der Waals surface area (Å²) < 4.78 is 0. The molecule has 0 saturated carbocycles. The van der Waals surface area contributed by atoms with Crippen LogP contribution in [0.1, 0.15) is 20.7 Å². The number of aromatic carboxylic acids is 2. The highest BCUT2D eigenvalue weighted by Crippen LogP contribution is 2.30. The van der Waals surface area contributed by atoms with E-state index in [0.29, 0.717) is 10.8 Å². The molecule has 4 heteroatoms. The van der Waals surface area contributed by atoms with Crippen molar-refractivity contribution in [1.82, 2.24) is 0 Å². The molecule has 0 aliphatic carbocycles. The van der Waals surface area contributed by atoms with Crippen molar-refractivity contribution in [2.75, 3.05) is 0 Å². The first-order chi connectivity index (χ1) is 11.5. The SMILES string of the molecule is O=C(O)c1ccc2cc3cc4ccccc4cc3cc2c1C(=O)O. The third-order valence-corrected chi connectivity index (χ3v) is 4.29. The molecule has 0 fully saturated rings. The van der Waals surface area contributed by atoms with Crippen LogP contribution in [0, 0.1) is 0 Å². The fraction of sp³-hybridized carbons (Fsp3) is 0. The number of hydrogen-bond acceptors (Lipinski definition) is 2. The zero-order valence-electron chi connectivity index (χ0n) is 12.5. The summed E-state index contributed by atoms with van der Waals surface area (Å²) in [6.45, 7) is 0. The molecule has 116 valence electrons. The van der Waals surface area contributed by atoms with Crippen LogP contribution in [0.4, 0.5) is 0 Å². The van der Waals surface area contributed by atoms with Gasteiger partial charge in [0, 0.05) is 0 Å². The van der Waals surface area contributed by atoms with Crippen LogP contribution in [-0.2, 0) is 0 Å². The molecule has 0 amide bonds. The monoisotopic (exact) mass is 316 g/mol. The van der Waals surface area contributed by atoms with Gasteiger partial charge in [-0.05, 0) is 62.6 Å². The zero-order valence-corrected chi connectivity index (χ0v) is 12.5. The second kappa shape index (κ2) is 5.06. The Hall–Kier alpha value is -3.40. The molecule has 0 unspecified atom stereocenters. The lowest BCUT2D eigenvalue weighted by atomic mass is 9.94. The Labute approximate surface area is 136 Å². The average molecular weight is 316 g/mol. The predicted octanol–water partition coefficient (Wildman–Crippen LogP) is 4.54. The Balaban J connectivity index is 2.15. The van der Waals surface area contributed by atoms with Crippen molar-refractivity contribution in [3.63, 3.8) is 0 Å². The first-order valence-electron chi connectivity index (χ1n) is 7.40. The van der Waals surface area contributed by atoms with E-state index in [1.807, 2.05) is 36.4 Å². The fourth-order valence-electron chi connectivity index (χ4n) is 3.17. The van der Waals surface area contributed by atoms with E-state index >= 15 is 0 Å². The maximum absolute atomic E-state index is 11.6. The predicted molar refractivity (Wildman–Crippen MR) is 92.9 cm³/mol. The van der Waals surface area contributed by atoms with E-state index in [2.05, 4.69) is 6.07 Å². The van der Waals surface area contributed by atoms with Gasteiger partial charge in [0.25, 0.3) is 0 Å². The first-order valence-corrected chi connectivity index (χ1v) is 7.40. The summed E-state index contributed by atoms with van der Waals surface area (Å²) in [5.41, 5.74) is -0.370. The summed E-state index contributed by atoms with van der Waals surface area (Å²) in [7, 11) is 0. The van der Waals surface area contributed by atoms with Gasteiger partial charge in [-0.25, -0.2) is 9.59 Å². The van der Waals surface area contributed by atoms with E-state index in [0.717, 1.165) is 21.5 Å². The first kappa shape index (κ1) is 14.2. The molecular weight excluding hydrogens is 304 g/mol. The summed E-state index contributed by atoms with van der Waals surface area (Å²) in [6.07, 6.45) is 0. The number of carboxylic acid groups (broad SMARTS) is 2. The Morgan fingerprint density at radius 1 is 0.625 bits per heavy atom. The molecule has 0 aliphatic rings. The summed E-state index contributed by atoms with van der Waals surface area (Å²) in [5, 5.41) is 23.9. The highest BCUT2D eigenvalue weighted by Gasteiger charge is 2.19. The van der Waals surface area contributed by atoms with Gasteiger partial charge >= 0.3 is 11.9 Å². The van der Waals surface area contributed by atoms with Crippen molar-refractivity contribution in [3.8, 4) is 0 Å². The highest BCUT2D eigenvalue weighted by atomic mass is 16.4. The third-order valence-electron chi connectivity index (χ3n) is 4.29. The van der Waals surface area contributed by atoms with Crippen molar-refractivity contribution in [2.24, 2.45) is 0 Å². The number of hydrogen-bond donors (Lipinski definition) is 2. The van der Waals surface area contributed by atoms with Crippen LogP contribution >= 0.6 is 0 Å². The van der Waals surface area contributed by atoms with Crippen LogP contribution in [0.2, 0.25) is 0 Å². The van der Waals surface area contributed by atoms with Gasteiger partial charge in [0.05, 0.1) is 11.1 Å². The number of benzene rings is 4. The van der Waals surface area contributed by atoms with Crippen LogP contribution in [0.25, 0.3) is 32.3 Å². The second-order valence-corrected chi connectivity index (χ2v) is 5.72. The zero-order chi connectivity index (χ0) is 16.8. The van der Waals surface area contributed by atoms with Gasteiger partial charge in [-0.3, -0.25) is 0 Å². The Bertz CT molecular complexity index is 1160. The Morgan fingerprint density at radius 2 is 1.21 bits per heavy atom. The smallest absolute Gasteiger partial charge is 0.337 e. The van der Waals surface area contributed by atoms with E-state index in [9.17, 15) is 19.8 Å². The van der Waals surface area contributed by atoms with Crippen molar-refractivity contribution >= 4 is 44.3 Å². The fourth-order valence-corrected chi connectivity index (χ4v) is 3.17. The van der Waals surface area contributed by atoms with Crippen LogP contribution in [0.3, 0.4) is 0 Å². The molecule has 0 heterocycles. The lowest BCUT2D eigenvalue weighted by Crippen LogP contribution is -2.08. The van der Waals surface area contributed by atoms with E-state index in [1.54, 1.807) is 12.1 Å². The summed E-state index contributed by atoms with van der Waals surface area (Å²) in [4.78, 5) is 23.0. The van der Waals surface area contributed by atoms with Crippen LogP contribution in [0.5, 0.6) is 0 Å². The third kappa shape index (κ3) is 2.08. The Kier molecular flexibility index (Phi) is 3.00. The van der Waals surface area contributed by atoms with Gasteiger partial charge < -0.3 is 10.2 Å². The van der Waals surface area contributed by atoms with Gasteiger partial charge in [-0.15, -0.1) is 0 Å². The number of rotatable bonds is 2. The highest BCUT2D eigenvalue weighted by molar-refractivity contribution is 6.15. The normalized spacial score (nSPS) is 11.2. The van der Waals surface area contributed by atoms with Gasteiger partial charge in [-0.1, -0.05) is 30.3 Å². The van der Waals surface area contributed by atoms with Crippen LogP contribution in [0.15, 0.2) is 60.7 Å². The minimum Gasteiger partial charge on any atom is -0.478 e. The molecule has 2 N–H and O–H groups in total. The minimum atomic E-state index is -1.24. The van der Waals surface area contributed by atoms with E-state index < -0.39 is 11.9 Å². The average Bonchev–Trinajstić information content (AvgIpc) is 2.56. The second-order valence-electron chi connectivity index (χ2n) is 5.72. The minimum absolute atomic E-state index is 0.171. The summed E-state index contributed by atoms with van der Waals surface area (Å²) in [5.74, 6) is -2.48. The molecule has 0 atom stereocenters. The molecule has 4 aromatic carbocycles. The molecule has 4 nitrogen and oxygen atoms in total. The lowest BCUT2D eigenvalue weighted by molar-refractivity contribution is 0.0653. The molecule has 0 bridgehead atoms. The van der Waals surface area contributed by atoms with E-state index in [1.165, 1.54) is 6.07 Å². The van der Waals surface area contributed by atoms with Gasteiger partial charge in [-0.2, -0.15) is 0 Å². The molecule has 0 saturated heterocycles.